The predicted octanol–water partition coefficient (Wildman–Crippen LogP) is 3.50. The van der Waals surface area contributed by atoms with E-state index in [0.717, 1.165) is 44.3 Å². The summed E-state index contributed by atoms with van der Waals surface area (Å²) in [4.78, 5) is 26.2. The third-order valence-corrected chi connectivity index (χ3v) is 5.12. The van der Waals surface area contributed by atoms with Crippen LogP contribution in [0, 0.1) is 5.92 Å². The smallest absolute Gasteiger partial charge is 0.227 e. The van der Waals surface area contributed by atoms with Crippen LogP contribution in [0.2, 0.25) is 0 Å². The van der Waals surface area contributed by atoms with Crippen LogP contribution in [-0.4, -0.2) is 23.3 Å². The lowest BCUT2D eigenvalue weighted by Crippen LogP contribution is -2.35. The third-order valence-electron chi connectivity index (χ3n) is 5.12. The van der Waals surface area contributed by atoms with E-state index < -0.39 is 0 Å². The highest BCUT2D eigenvalue weighted by molar-refractivity contribution is 5.92. The fourth-order valence-electron chi connectivity index (χ4n) is 3.68. The lowest BCUT2D eigenvalue weighted by molar-refractivity contribution is -0.131. The lowest BCUT2D eigenvalue weighted by Gasteiger charge is -2.29. The summed E-state index contributed by atoms with van der Waals surface area (Å²) < 4.78 is 0. The maximum atomic E-state index is 12.4. The van der Waals surface area contributed by atoms with Gasteiger partial charge in [0.2, 0.25) is 11.8 Å². The van der Waals surface area contributed by atoms with Gasteiger partial charge >= 0.3 is 0 Å². The van der Waals surface area contributed by atoms with Crippen molar-refractivity contribution in [2.75, 3.05) is 11.9 Å². The molecule has 0 aromatic heterocycles. The second-order valence-corrected chi connectivity index (χ2v) is 6.73. The summed E-state index contributed by atoms with van der Waals surface area (Å²) in [6.45, 7) is 3.36. The van der Waals surface area contributed by atoms with Gasteiger partial charge in [-0.3, -0.25) is 9.59 Å². The van der Waals surface area contributed by atoms with Crippen molar-refractivity contribution in [3.05, 3.63) is 29.3 Å². The van der Waals surface area contributed by atoms with Crippen molar-refractivity contribution in [1.82, 2.24) is 4.90 Å². The van der Waals surface area contributed by atoms with Crippen molar-refractivity contribution in [2.24, 2.45) is 5.92 Å². The molecule has 1 aromatic carbocycles. The Bertz CT molecular complexity index is 591. The quantitative estimate of drug-likeness (QED) is 0.928. The normalized spacial score (nSPS) is 18.4. The van der Waals surface area contributed by atoms with Crippen molar-refractivity contribution in [3.8, 4) is 0 Å². The molecule has 0 bridgehead atoms. The Labute approximate surface area is 138 Å². The summed E-state index contributed by atoms with van der Waals surface area (Å²) >= 11 is 0. The molecule has 1 heterocycles. The minimum Gasteiger partial charge on any atom is -0.338 e. The summed E-state index contributed by atoms with van der Waals surface area (Å²) in [6, 6.07) is 6.14. The van der Waals surface area contributed by atoms with Crippen LogP contribution in [0.15, 0.2) is 18.2 Å². The molecule has 124 valence electrons. The first-order chi connectivity index (χ1) is 11.2. The molecule has 0 radical (unpaired) electrons. The van der Waals surface area contributed by atoms with Crippen LogP contribution in [0.4, 0.5) is 5.69 Å². The van der Waals surface area contributed by atoms with Crippen molar-refractivity contribution >= 4 is 17.5 Å². The van der Waals surface area contributed by atoms with Gasteiger partial charge in [0.25, 0.3) is 0 Å². The maximum absolute atomic E-state index is 12.4. The highest BCUT2D eigenvalue weighted by Crippen LogP contribution is 2.27. The molecule has 4 heteroatoms. The minimum absolute atomic E-state index is 0.155. The molecule has 1 N–H and O–H groups in total. The number of benzene rings is 1. The molecule has 23 heavy (non-hydrogen) atoms. The molecule has 2 amide bonds. The van der Waals surface area contributed by atoms with Gasteiger partial charge in [0, 0.05) is 31.1 Å². The van der Waals surface area contributed by atoms with E-state index in [1.807, 2.05) is 24.0 Å². The Morgan fingerprint density at radius 1 is 1.17 bits per heavy atom. The van der Waals surface area contributed by atoms with Gasteiger partial charge in [0.1, 0.15) is 0 Å². The molecule has 1 aliphatic heterocycles. The van der Waals surface area contributed by atoms with E-state index in [1.54, 1.807) is 0 Å². The van der Waals surface area contributed by atoms with Gasteiger partial charge in [0.05, 0.1) is 0 Å². The number of fused-ring (bicyclic) bond motifs is 1. The fourth-order valence-corrected chi connectivity index (χ4v) is 3.68. The van der Waals surface area contributed by atoms with Gasteiger partial charge in [-0.2, -0.15) is 0 Å². The molecule has 1 fully saturated rings. The monoisotopic (exact) mass is 314 g/mol. The third kappa shape index (κ3) is 3.74. The standard InChI is InChI=1S/C19H26N2O2/c1-2-18(22)21-11-10-14-8-9-17(12-16(14)13-21)20-19(23)15-6-4-3-5-7-15/h8-9,12,15H,2-7,10-11,13H2,1H3,(H,20,23). The number of anilines is 1. The number of rotatable bonds is 3. The molecule has 3 rings (SSSR count). The van der Waals surface area contributed by atoms with Gasteiger partial charge in [-0.05, 0) is 42.5 Å². The Hall–Kier alpha value is -1.84. The second-order valence-electron chi connectivity index (χ2n) is 6.73. The largest absolute Gasteiger partial charge is 0.338 e. The molecule has 0 saturated heterocycles. The molecule has 0 unspecified atom stereocenters. The molecule has 1 saturated carbocycles. The molecule has 1 aliphatic carbocycles. The topological polar surface area (TPSA) is 49.4 Å². The van der Waals surface area contributed by atoms with Crippen LogP contribution in [0.25, 0.3) is 0 Å². The van der Waals surface area contributed by atoms with E-state index >= 15 is 0 Å². The fraction of sp³-hybridized carbons (Fsp3) is 0.579. The zero-order chi connectivity index (χ0) is 16.2. The van der Waals surface area contributed by atoms with Gasteiger partial charge in [-0.25, -0.2) is 0 Å². The highest BCUT2D eigenvalue weighted by Gasteiger charge is 2.23. The Balaban J connectivity index is 1.68. The number of amides is 2. The second kappa shape index (κ2) is 7.16. The van der Waals surface area contributed by atoms with Crippen LogP contribution in [-0.2, 0) is 22.6 Å². The number of carbonyl (C=O) groups excluding carboxylic acids is 2. The summed E-state index contributed by atoms with van der Waals surface area (Å²) in [6.07, 6.45) is 7.05. The number of nitrogens with one attached hydrogen (secondary N) is 1. The van der Waals surface area contributed by atoms with Crippen molar-refractivity contribution < 1.29 is 9.59 Å². The van der Waals surface area contributed by atoms with Gasteiger partial charge < -0.3 is 10.2 Å². The molecule has 1 aromatic rings. The highest BCUT2D eigenvalue weighted by atomic mass is 16.2. The number of hydrogen-bond acceptors (Lipinski definition) is 2. The Morgan fingerprint density at radius 3 is 2.70 bits per heavy atom. The maximum Gasteiger partial charge on any atom is 0.227 e. The van der Waals surface area contributed by atoms with Gasteiger partial charge in [-0.1, -0.05) is 32.3 Å². The first kappa shape index (κ1) is 16.0. The lowest BCUT2D eigenvalue weighted by atomic mass is 9.88. The van der Waals surface area contributed by atoms with E-state index in [4.69, 9.17) is 0 Å². The number of hydrogen-bond donors (Lipinski definition) is 1. The SMILES string of the molecule is CCC(=O)N1CCc2ccc(NC(=O)C3CCCCC3)cc2C1. The summed E-state index contributed by atoms with van der Waals surface area (Å²) in [5.41, 5.74) is 3.32. The Morgan fingerprint density at radius 2 is 1.96 bits per heavy atom. The van der Waals surface area contributed by atoms with Crippen LogP contribution < -0.4 is 5.32 Å². The first-order valence-electron chi connectivity index (χ1n) is 8.88. The van der Waals surface area contributed by atoms with Crippen LogP contribution in [0.3, 0.4) is 0 Å². The summed E-state index contributed by atoms with van der Waals surface area (Å²) in [5, 5.41) is 3.08. The molecule has 4 nitrogen and oxygen atoms in total. The van der Waals surface area contributed by atoms with Crippen LogP contribution in [0.1, 0.15) is 56.6 Å². The minimum atomic E-state index is 0.155. The molecule has 0 spiro atoms. The molecule has 0 atom stereocenters. The van der Waals surface area contributed by atoms with E-state index in [0.29, 0.717) is 13.0 Å². The van der Waals surface area contributed by atoms with Crippen molar-refractivity contribution in [3.63, 3.8) is 0 Å². The van der Waals surface area contributed by atoms with Crippen LogP contribution in [0.5, 0.6) is 0 Å². The average molecular weight is 314 g/mol. The predicted molar refractivity (Wildman–Crippen MR) is 91.1 cm³/mol. The summed E-state index contributed by atoms with van der Waals surface area (Å²) in [5.74, 6) is 0.521. The van der Waals surface area contributed by atoms with E-state index in [2.05, 4.69) is 11.4 Å². The zero-order valence-corrected chi connectivity index (χ0v) is 13.9. The zero-order valence-electron chi connectivity index (χ0n) is 13.9. The Kier molecular flexibility index (Phi) is 4.99. The molecule has 2 aliphatic rings. The van der Waals surface area contributed by atoms with Gasteiger partial charge in [0.15, 0.2) is 0 Å². The number of carbonyl (C=O) groups is 2. The molecular formula is C19H26N2O2. The van der Waals surface area contributed by atoms with E-state index in [9.17, 15) is 9.59 Å². The van der Waals surface area contributed by atoms with Crippen molar-refractivity contribution in [2.45, 2.75) is 58.4 Å². The first-order valence-corrected chi connectivity index (χ1v) is 8.88. The average Bonchev–Trinajstić information content (AvgIpc) is 2.61. The van der Waals surface area contributed by atoms with Crippen LogP contribution >= 0.6 is 0 Å². The number of nitrogens with zero attached hydrogens (tertiary/aromatic N) is 1. The van der Waals surface area contributed by atoms with Crippen molar-refractivity contribution in [1.29, 1.82) is 0 Å². The molecular weight excluding hydrogens is 288 g/mol. The van der Waals surface area contributed by atoms with E-state index in [1.165, 1.54) is 17.5 Å². The summed E-state index contributed by atoms with van der Waals surface area (Å²) in [7, 11) is 0. The van der Waals surface area contributed by atoms with Gasteiger partial charge in [-0.15, -0.1) is 0 Å². The van der Waals surface area contributed by atoms with E-state index in [-0.39, 0.29) is 17.7 Å².